The molecule has 0 atom stereocenters. The van der Waals surface area contributed by atoms with Gasteiger partial charge < -0.3 is 11.1 Å². The van der Waals surface area contributed by atoms with E-state index in [0.717, 1.165) is 31.2 Å². The Kier molecular flexibility index (Phi) is 4.81. The highest BCUT2D eigenvalue weighted by Crippen LogP contribution is 2.26. The highest BCUT2D eigenvalue weighted by molar-refractivity contribution is 5.86. The Balaban J connectivity index is 1.89. The van der Waals surface area contributed by atoms with Crippen molar-refractivity contribution in [3.63, 3.8) is 0 Å². The molecule has 3 nitrogen and oxygen atoms in total. The molecule has 1 aromatic carbocycles. The molecule has 3 heteroatoms. The second-order valence-electron chi connectivity index (χ2n) is 6.30. The van der Waals surface area contributed by atoms with Crippen LogP contribution in [0.15, 0.2) is 24.3 Å². The van der Waals surface area contributed by atoms with Gasteiger partial charge in [0, 0.05) is 6.54 Å². The van der Waals surface area contributed by atoms with Crippen LogP contribution in [0.5, 0.6) is 0 Å². The van der Waals surface area contributed by atoms with Gasteiger partial charge in [-0.15, -0.1) is 0 Å². The van der Waals surface area contributed by atoms with Crippen molar-refractivity contribution in [2.24, 2.45) is 5.73 Å². The molecule has 0 heterocycles. The summed E-state index contributed by atoms with van der Waals surface area (Å²) in [5.74, 6) is 0.540. The number of rotatable bonds is 4. The number of amides is 1. The largest absolute Gasteiger partial charge is 0.350 e. The third-order valence-electron chi connectivity index (χ3n) is 4.30. The average Bonchev–Trinajstić information content (AvgIpc) is 2.46. The van der Waals surface area contributed by atoms with Gasteiger partial charge >= 0.3 is 0 Å². The zero-order valence-corrected chi connectivity index (χ0v) is 12.6. The maximum atomic E-state index is 12.2. The standard InChI is InChI=1S/C17H26N2O/c1-13(2)15-8-6-14(7-9-15)12-19-16(20)17(18)10-4-3-5-11-17/h6-9,13H,3-5,10-12,18H2,1-2H3,(H,19,20). The van der Waals surface area contributed by atoms with Crippen LogP contribution in [0.3, 0.4) is 0 Å². The van der Waals surface area contributed by atoms with E-state index in [0.29, 0.717) is 12.5 Å². The van der Waals surface area contributed by atoms with Crippen molar-refractivity contribution in [1.29, 1.82) is 0 Å². The van der Waals surface area contributed by atoms with E-state index in [4.69, 9.17) is 5.73 Å². The van der Waals surface area contributed by atoms with Crippen molar-refractivity contribution in [1.82, 2.24) is 5.32 Å². The number of carbonyl (C=O) groups is 1. The van der Waals surface area contributed by atoms with Crippen molar-refractivity contribution in [3.8, 4) is 0 Å². The van der Waals surface area contributed by atoms with Gasteiger partial charge in [0.1, 0.15) is 0 Å². The quantitative estimate of drug-likeness (QED) is 0.886. The molecule has 1 aliphatic carbocycles. The van der Waals surface area contributed by atoms with Gasteiger partial charge in [-0.2, -0.15) is 0 Å². The van der Waals surface area contributed by atoms with Gasteiger partial charge in [0.2, 0.25) is 5.91 Å². The molecular formula is C17H26N2O. The van der Waals surface area contributed by atoms with Crippen LogP contribution in [0.4, 0.5) is 0 Å². The van der Waals surface area contributed by atoms with Gasteiger partial charge in [0.15, 0.2) is 0 Å². The smallest absolute Gasteiger partial charge is 0.240 e. The molecule has 3 N–H and O–H groups in total. The van der Waals surface area contributed by atoms with Gasteiger partial charge in [-0.05, 0) is 29.9 Å². The fourth-order valence-corrected chi connectivity index (χ4v) is 2.79. The molecule has 20 heavy (non-hydrogen) atoms. The predicted molar refractivity (Wildman–Crippen MR) is 82.4 cm³/mol. The molecule has 0 bridgehead atoms. The van der Waals surface area contributed by atoms with E-state index >= 15 is 0 Å². The maximum Gasteiger partial charge on any atom is 0.240 e. The van der Waals surface area contributed by atoms with E-state index in [2.05, 4.69) is 43.4 Å². The normalized spacial score (nSPS) is 18.0. The lowest BCUT2D eigenvalue weighted by Gasteiger charge is -2.31. The van der Waals surface area contributed by atoms with E-state index in [1.165, 1.54) is 12.0 Å². The van der Waals surface area contributed by atoms with Gasteiger partial charge in [-0.1, -0.05) is 57.4 Å². The third kappa shape index (κ3) is 3.60. The van der Waals surface area contributed by atoms with E-state index < -0.39 is 5.54 Å². The van der Waals surface area contributed by atoms with Crippen LogP contribution < -0.4 is 11.1 Å². The minimum absolute atomic E-state index is 0.00476. The summed E-state index contributed by atoms with van der Waals surface area (Å²) in [6.45, 7) is 4.92. The molecule has 110 valence electrons. The summed E-state index contributed by atoms with van der Waals surface area (Å²) in [4.78, 5) is 12.2. The van der Waals surface area contributed by atoms with E-state index in [9.17, 15) is 4.79 Å². The van der Waals surface area contributed by atoms with Crippen molar-refractivity contribution < 1.29 is 4.79 Å². The highest BCUT2D eigenvalue weighted by Gasteiger charge is 2.34. The highest BCUT2D eigenvalue weighted by atomic mass is 16.2. The molecule has 2 rings (SSSR count). The van der Waals surface area contributed by atoms with Crippen LogP contribution in [-0.4, -0.2) is 11.4 Å². The summed E-state index contributed by atoms with van der Waals surface area (Å²) >= 11 is 0. The van der Waals surface area contributed by atoms with Gasteiger partial charge in [0.25, 0.3) is 0 Å². The summed E-state index contributed by atoms with van der Waals surface area (Å²) < 4.78 is 0. The second-order valence-corrected chi connectivity index (χ2v) is 6.30. The SMILES string of the molecule is CC(C)c1ccc(CNC(=O)C2(N)CCCCC2)cc1. The molecule has 1 amide bonds. The first kappa shape index (κ1) is 15.0. The van der Waals surface area contributed by atoms with Gasteiger partial charge in [0.05, 0.1) is 5.54 Å². The molecule has 0 unspecified atom stereocenters. The monoisotopic (exact) mass is 274 g/mol. The number of benzene rings is 1. The van der Waals surface area contributed by atoms with Crippen molar-refractivity contribution in [2.75, 3.05) is 0 Å². The minimum atomic E-state index is -0.643. The molecule has 0 radical (unpaired) electrons. The molecule has 1 aliphatic rings. The fraction of sp³-hybridized carbons (Fsp3) is 0.588. The second kappa shape index (κ2) is 6.40. The Morgan fingerprint density at radius 1 is 1.20 bits per heavy atom. The van der Waals surface area contributed by atoms with Crippen molar-refractivity contribution in [2.45, 2.75) is 64.0 Å². The van der Waals surface area contributed by atoms with Crippen LogP contribution in [-0.2, 0) is 11.3 Å². The summed E-state index contributed by atoms with van der Waals surface area (Å²) in [5.41, 5.74) is 8.02. The minimum Gasteiger partial charge on any atom is -0.350 e. The Morgan fingerprint density at radius 2 is 1.80 bits per heavy atom. The Morgan fingerprint density at radius 3 is 2.35 bits per heavy atom. The van der Waals surface area contributed by atoms with Gasteiger partial charge in [-0.3, -0.25) is 4.79 Å². The lowest BCUT2D eigenvalue weighted by Crippen LogP contribution is -2.54. The zero-order valence-electron chi connectivity index (χ0n) is 12.6. The van der Waals surface area contributed by atoms with Crippen LogP contribution in [0, 0.1) is 0 Å². The third-order valence-corrected chi connectivity index (χ3v) is 4.30. The number of carbonyl (C=O) groups excluding carboxylic acids is 1. The van der Waals surface area contributed by atoms with Crippen LogP contribution >= 0.6 is 0 Å². The average molecular weight is 274 g/mol. The van der Waals surface area contributed by atoms with E-state index in [-0.39, 0.29) is 5.91 Å². The Labute approximate surface area is 121 Å². The van der Waals surface area contributed by atoms with Crippen molar-refractivity contribution >= 4 is 5.91 Å². The summed E-state index contributed by atoms with van der Waals surface area (Å²) in [6, 6.07) is 8.43. The molecule has 0 saturated heterocycles. The lowest BCUT2D eigenvalue weighted by molar-refractivity contribution is -0.127. The molecular weight excluding hydrogens is 248 g/mol. The number of nitrogens with one attached hydrogen (secondary N) is 1. The molecule has 0 aromatic heterocycles. The predicted octanol–water partition coefficient (Wildman–Crippen LogP) is 3.09. The first-order valence-corrected chi connectivity index (χ1v) is 7.67. The fourth-order valence-electron chi connectivity index (χ4n) is 2.79. The lowest BCUT2D eigenvalue weighted by atomic mass is 9.82. The van der Waals surface area contributed by atoms with Crippen LogP contribution in [0.25, 0.3) is 0 Å². The summed E-state index contributed by atoms with van der Waals surface area (Å²) in [6.07, 6.45) is 4.94. The summed E-state index contributed by atoms with van der Waals surface area (Å²) in [5, 5.41) is 2.99. The Bertz CT molecular complexity index is 445. The molecule has 1 saturated carbocycles. The summed E-state index contributed by atoms with van der Waals surface area (Å²) in [7, 11) is 0. The zero-order chi connectivity index (χ0) is 14.6. The first-order chi connectivity index (χ1) is 9.51. The van der Waals surface area contributed by atoms with Gasteiger partial charge in [-0.25, -0.2) is 0 Å². The number of nitrogens with two attached hydrogens (primary N) is 1. The number of hydrogen-bond acceptors (Lipinski definition) is 2. The first-order valence-electron chi connectivity index (χ1n) is 7.67. The molecule has 0 aliphatic heterocycles. The molecule has 1 aromatic rings. The topological polar surface area (TPSA) is 55.1 Å². The number of hydrogen-bond donors (Lipinski definition) is 2. The van der Waals surface area contributed by atoms with E-state index in [1.54, 1.807) is 0 Å². The Hall–Kier alpha value is -1.35. The maximum absolute atomic E-state index is 12.2. The van der Waals surface area contributed by atoms with Crippen LogP contribution in [0.1, 0.15) is 63.0 Å². The molecule has 0 spiro atoms. The van der Waals surface area contributed by atoms with E-state index in [1.807, 2.05) is 0 Å². The molecule has 1 fully saturated rings. The van der Waals surface area contributed by atoms with Crippen molar-refractivity contribution in [3.05, 3.63) is 35.4 Å². The van der Waals surface area contributed by atoms with Crippen LogP contribution in [0.2, 0.25) is 0 Å².